The van der Waals surface area contributed by atoms with Gasteiger partial charge >= 0.3 is 5.97 Å². The zero-order valence-electron chi connectivity index (χ0n) is 13.9. The number of aliphatic hydroxyl groups is 1. The number of carbonyl (C=O) groups excluding carboxylic acids is 2. The van der Waals surface area contributed by atoms with Crippen LogP contribution in [0.2, 0.25) is 0 Å². The van der Waals surface area contributed by atoms with E-state index >= 15 is 0 Å². The van der Waals surface area contributed by atoms with Crippen LogP contribution in [0.1, 0.15) is 45.9 Å². The lowest BCUT2D eigenvalue weighted by atomic mass is 9.88. The molecule has 2 aromatic carbocycles. The lowest BCUT2D eigenvalue weighted by molar-refractivity contribution is -0.125. The number of aryl methyl sites for hydroxylation is 1. The Kier molecular flexibility index (Phi) is 5.46. The van der Waals surface area contributed by atoms with Crippen molar-refractivity contribution in [3.63, 3.8) is 0 Å². The van der Waals surface area contributed by atoms with Crippen molar-refractivity contribution in [1.29, 1.82) is 0 Å². The average Bonchev–Trinajstić information content (AvgIpc) is 2.66. The molecule has 2 aromatic rings. The van der Waals surface area contributed by atoms with Gasteiger partial charge in [-0.1, -0.05) is 36.4 Å². The molecule has 0 spiro atoms. The first-order chi connectivity index (χ1) is 12.2. The van der Waals surface area contributed by atoms with Crippen LogP contribution in [0.25, 0.3) is 0 Å². The minimum Gasteiger partial charge on any atom is -0.452 e. The summed E-state index contributed by atoms with van der Waals surface area (Å²) in [7, 11) is 0. The van der Waals surface area contributed by atoms with E-state index in [1.807, 2.05) is 18.2 Å². The van der Waals surface area contributed by atoms with Crippen molar-refractivity contribution in [2.45, 2.75) is 31.9 Å². The Labute approximate surface area is 146 Å². The molecule has 0 radical (unpaired) electrons. The van der Waals surface area contributed by atoms with Crippen LogP contribution in [0.15, 0.2) is 48.5 Å². The maximum Gasteiger partial charge on any atom is 0.338 e. The number of rotatable bonds is 5. The monoisotopic (exact) mass is 339 g/mol. The molecule has 0 fully saturated rings. The molecule has 1 atom stereocenters. The summed E-state index contributed by atoms with van der Waals surface area (Å²) in [5, 5.41) is 12.0. The van der Waals surface area contributed by atoms with Gasteiger partial charge in [0.15, 0.2) is 6.61 Å². The number of amides is 1. The largest absolute Gasteiger partial charge is 0.452 e. The number of hydrogen-bond donors (Lipinski definition) is 2. The number of fused-ring (bicyclic) bond motifs is 1. The molecular weight excluding hydrogens is 318 g/mol. The fraction of sp³-hybridized carbons (Fsp3) is 0.300. The van der Waals surface area contributed by atoms with E-state index in [4.69, 9.17) is 9.84 Å². The lowest BCUT2D eigenvalue weighted by Gasteiger charge is -2.26. The van der Waals surface area contributed by atoms with Crippen LogP contribution in [0.3, 0.4) is 0 Å². The van der Waals surface area contributed by atoms with Crippen LogP contribution in [-0.4, -0.2) is 23.6 Å². The third-order valence-corrected chi connectivity index (χ3v) is 4.41. The molecular formula is C20H21NO4. The van der Waals surface area contributed by atoms with Gasteiger partial charge in [0, 0.05) is 0 Å². The predicted octanol–water partition coefficient (Wildman–Crippen LogP) is 2.53. The quantitative estimate of drug-likeness (QED) is 0.821. The molecule has 0 aromatic heterocycles. The predicted molar refractivity (Wildman–Crippen MR) is 92.9 cm³/mol. The van der Waals surface area contributed by atoms with E-state index < -0.39 is 5.97 Å². The molecule has 5 heteroatoms. The molecule has 0 saturated carbocycles. The number of aliphatic hydroxyl groups excluding tert-OH is 1. The van der Waals surface area contributed by atoms with Gasteiger partial charge in [0.05, 0.1) is 18.2 Å². The topological polar surface area (TPSA) is 75.6 Å². The zero-order chi connectivity index (χ0) is 17.6. The summed E-state index contributed by atoms with van der Waals surface area (Å²) in [6.07, 6.45) is 2.94. The van der Waals surface area contributed by atoms with E-state index in [0.29, 0.717) is 11.1 Å². The smallest absolute Gasteiger partial charge is 0.338 e. The van der Waals surface area contributed by atoms with Gasteiger partial charge in [-0.2, -0.15) is 0 Å². The van der Waals surface area contributed by atoms with E-state index in [1.165, 1.54) is 5.56 Å². The van der Waals surface area contributed by atoms with Crippen molar-refractivity contribution in [2.24, 2.45) is 0 Å². The van der Waals surface area contributed by atoms with Crippen molar-refractivity contribution in [3.05, 3.63) is 70.8 Å². The number of carbonyl (C=O) groups is 2. The highest BCUT2D eigenvalue weighted by Gasteiger charge is 2.21. The standard InChI is InChI=1S/C20H21NO4/c22-12-14-8-10-16(11-9-14)20(24)25-13-19(23)21-18-7-3-5-15-4-1-2-6-17(15)18/h1-2,4,6,8-11,18,22H,3,5,7,12-13H2,(H,21,23)/t18-/m0/s1. The van der Waals surface area contributed by atoms with Crippen molar-refractivity contribution in [2.75, 3.05) is 6.61 Å². The number of nitrogens with one attached hydrogen (secondary N) is 1. The van der Waals surface area contributed by atoms with Crippen molar-refractivity contribution in [1.82, 2.24) is 5.32 Å². The van der Waals surface area contributed by atoms with Gasteiger partial charge in [-0.05, 0) is 48.1 Å². The number of hydrogen-bond acceptors (Lipinski definition) is 4. The van der Waals surface area contributed by atoms with E-state index in [2.05, 4.69) is 11.4 Å². The van der Waals surface area contributed by atoms with Crippen LogP contribution in [0.4, 0.5) is 0 Å². The maximum absolute atomic E-state index is 12.1. The van der Waals surface area contributed by atoms with Gasteiger partial charge in [-0.3, -0.25) is 4.79 Å². The van der Waals surface area contributed by atoms with E-state index in [-0.39, 0.29) is 25.2 Å². The van der Waals surface area contributed by atoms with Crippen molar-refractivity contribution >= 4 is 11.9 Å². The van der Waals surface area contributed by atoms with Gasteiger partial charge < -0.3 is 15.2 Å². The molecule has 1 amide bonds. The summed E-state index contributed by atoms with van der Waals surface area (Å²) >= 11 is 0. The Hall–Kier alpha value is -2.66. The molecule has 5 nitrogen and oxygen atoms in total. The molecule has 0 aliphatic heterocycles. The van der Waals surface area contributed by atoms with Crippen molar-refractivity contribution < 1.29 is 19.4 Å². The summed E-state index contributed by atoms with van der Waals surface area (Å²) < 4.78 is 5.08. The second-order valence-electron chi connectivity index (χ2n) is 6.14. The molecule has 1 aliphatic carbocycles. The van der Waals surface area contributed by atoms with Gasteiger partial charge in [0.25, 0.3) is 5.91 Å². The highest BCUT2D eigenvalue weighted by Crippen LogP contribution is 2.29. The minimum atomic E-state index is -0.552. The van der Waals surface area contributed by atoms with Crippen LogP contribution in [0.5, 0.6) is 0 Å². The fourth-order valence-electron chi connectivity index (χ4n) is 3.10. The highest BCUT2D eigenvalue weighted by molar-refractivity contribution is 5.91. The normalized spacial score (nSPS) is 16.0. The molecule has 0 saturated heterocycles. The Morgan fingerprint density at radius 1 is 1.12 bits per heavy atom. The first-order valence-electron chi connectivity index (χ1n) is 8.41. The second kappa shape index (κ2) is 7.94. The maximum atomic E-state index is 12.1. The molecule has 0 heterocycles. The summed E-state index contributed by atoms with van der Waals surface area (Å²) in [5.41, 5.74) is 3.48. The first-order valence-corrected chi connectivity index (χ1v) is 8.41. The molecule has 2 N–H and O–H groups in total. The molecule has 25 heavy (non-hydrogen) atoms. The lowest BCUT2D eigenvalue weighted by Crippen LogP contribution is -2.34. The van der Waals surface area contributed by atoms with Crippen LogP contribution < -0.4 is 5.32 Å². The van der Waals surface area contributed by atoms with Crippen LogP contribution in [-0.2, 0) is 22.6 Å². The van der Waals surface area contributed by atoms with E-state index in [9.17, 15) is 9.59 Å². The third-order valence-electron chi connectivity index (χ3n) is 4.41. The van der Waals surface area contributed by atoms with Gasteiger partial charge in [-0.15, -0.1) is 0 Å². The summed E-state index contributed by atoms with van der Waals surface area (Å²) in [4.78, 5) is 24.1. The Bertz CT molecular complexity index is 755. The molecule has 0 unspecified atom stereocenters. The van der Waals surface area contributed by atoms with Gasteiger partial charge in [0.2, 0.25) is 0 Å². The Balaban J connectivity index is 1.54. The summed E-state index contributed by atoms with van der Waals surface area (Å²) in [5.74, 6) is -0.856. The van der Waals surface area contributed by atoms with Crippen molar-refractivity contribution in [3.8, 4) is 0 Å². The van der Waals surface area contributed by atoms with E-state index in [0.717, 1.165) is 24.8 Å². The summed E-state index contributed by atoms with van der Waals surface area (Å²) in [6.45, 7) is -0.389. The van der Waals surface area contributed by atoms with Crippen LogP contribution >= 0.6 is 0 Å². The summed E-state index contributed by atoms with van der Waals surface area (Å²) in [6, 6.07) is 14.5. The first kappa shape index (κ1) is 17.2. The molecule has 0 bridgehead atoms. The van der Waals surface area contributed by atoms with E-state index in [1.54, 1.807) is 24.3 Å². The highest BCUT2D eigenvalue weighted by atomic mass is 16.5. The molecule has 3 rings (SSSR count). The number of esters is 1. The number of benzene rings is 2. The minimum absolute atomic E-state index is 0.0278. The molecule has 1 aliphatic rings. The SMILES string of the molecule is O=C(COC(=O)c1ccc(CO)cc1)N[C@H]1CCCc2ccccc21. The van der Waals surface area contributed by atoms with Gasteiger partial charge in [0.1, 0.15) is 0 Å². The second-order valence-corrected chi connectivity index (χ2v) is 6.14. The number of ether oxygens (including phenoxy) is 1. The Morgan fingerprint density at radius 2 is 1.88 bits per heavy atom. The van der Waals surface area contributed by atoms with Crippen LogP contribution in [0, 0.1) is 0 Å². The fourth-order valence-corrected chi connectivity index (χ4v) is 3.10. The molecule has 130 valence electrons. The Morgan fingerprint density at radius 3 is 2.64 bits per heavy atom. The third kappa shape index (κ3) is 4.25. The van der Waals surface area contributed by atoms with Gasteiger partial charge in [-0.25, -0.2) is 4.79 Å². The average molecular weight is 339 g/mol. The zero-order valence-corrected chi connectivity index (χ0v) is 13.9.